The molecule has 2 atom stereocenters. The molecular formula is C28H36N4O7. The smallest absolute Gasteiger partial charge is 0.408 e. The Hall–Kier alpha value is -4.54. The van der Waals surface area contributed by atoms with Crippen LogP contribution < -0.4 is 21.1 Å². The lowest BCUT2D eigenvalue weighted by molar-refractivity contribution is -0.141. The summed E-state index contributed by atoms with van der Waals surface area (Å²) in [5.41, 5.74) is 5.80. The number of carbonyl (C=O) groups is 4. The number of rotatable bonds is 11. The predicted molar refractivity (Wildman–Crippen MR) is 146 cm³/mol. The second-order valence-electron chi connectivity index (χ2n) is 9.81. The highest BCUT2D eigenvalue weighted by atomic mass is 16.6. The number of carbonyl (C=O) groups excluding carboxylic acids is 4. The molecule has 4 amide bonds. The largest absolute Gasteiger partial charge is 0.508 e. The Morgan fingerprint density at radius 2 is 1.77 bits per heavy atom. The number of ether oxygens (including phenoxy) is 2. The summed E-state index contributed by atoms with van der Waals surface area (Å²) >= 11 is 0. The van der Waals surface area contributed by atoms with Gasteiger partial charge < -0.3 is 35.8 Å². The van der Waals surface area contributed by atoms with Gasteiger partial charge in [0.2, 0.25) is 11.8 Å². The molecule has 2 unspecified atom stereocenters. The van der Waals surface area contributed by atoms with Crippen LogP contribution >= 0.6 is 0 Å². The minimum Gasteiger partial charge on any atom is -0.508 e. The summed E-state index contributed by atoms with van der Waals surface area (Å²) < 4.78 is 10.4. The van der Waals surface area contributed by atoms with Crippen molar-refractivity contribution < 1.29 is 33.8 Å². The molecule has 0 aliphatic carbocycles. The first-order valence-electron chi connectivity index (χ1n) is 12.2. The van der Waals surface area contributed by atoms with Gasteiger partial charge in [0.25, 0.3) is 5.91 Å². The van der Waals surface area contributed by atoms with Gasteiger partial charge in [0, 0.05) is 12.2 Å². The third-order valence-corrected chi connectivity index (χ3v) is 5.46. The van der Waals surface area contributed by atoms with Crippen LogP contribution in [0.5, 0.6) is 11.5 Å². The van der Waals surface area contributed by atoms with Gasteiger partial charge in [0.05, 0.1) is 13.5 Å². The normalized spacial score (nSPS) is 12.4. The molecule has 0 bridgehead atoms. The first kappa shape index (κ1) is 30.7. The molecule has 2 aromatic carbocycles. The third kappa shape index (κ3) is 9.06. The maximum atomic E-state index is 13.8. The highest BCUT2D eigenvalue weighted by molar-refractivity contribution is 5.99. The predicted octanol–water partition coefficient (Wildman–Crippen LogP) is 3.17. The number of primary amides is 1. The van der Waals surface area contributed by atoms with Crippen LogP contribution in [0.4, 0.5) is 10.5 Å². The van der Waals surface area contributed by atoms with Gasteiger partial charge in [0.1, 0.15) is 29.2 Å². The molecule has 0 heterocycles. The van der Waals surface area contributed by atoms with E-state index in [1.165, 1.54) is 30.2 Å². The fourth-order valence-corrected chi connectivity index (χ4v) is 3.72. The van der Waals surface area contributed by atoms with Crippen molar-refractivity contribution in [3.8, 4) is 11.5 Å². The second kappa shape index (κ2) is 13.3. The number of amides is 4. The van der Waals surface area contributed by atoms with Crippen LogP contribution in [0, 0.1) is 6.92 Å². The Labute approximate surface area is 228 Å². The molecule has 0 saturated heterocycles. The Kier molecular flexibility index (Phi) is 10.5. The summed E-state index contributed by atoms with van der Waals surface area (Å²) in [4.78, 5) is 53.0. The van der Waals surface area contributed by atoms with Gasteiger partial charge in [-0.3, -0.25) is 14.4 Å². The highest BCUT2D eigenvalue weighted by Gasteiger charge is 2.36. The molecule has 0 saturated carbocycles. The fraction of sp³-hybridized carbons (Fsp3) is 0.357. The number of nitrogens with one attached hydrogen (secondary N) is 2. The number of anilines is 1. The van der Waals surface area contributed by atoms with Gasteiger partial charge in [-0.1, -0.05) is 12.1 Å². The Bertz CT molecular complexity index is 1210. The van der Waals surface area contributed by atoms with Crippen molar-refractivity contribution in [1.82, 2.24) is 10.2 Å². The summed E-state index contributed by atoms with van der Waals surface area (Å²) in [7, 11) is 1.52. The van der Waals surface area contributed by atoms with Crippen LogP contribution in [0.15, 0.2) is 55.1 Å². The first-order valence-corrected chi connectivity index (χ1v) is 12.2. The van der Waals surface area contributed by atoms with E-state index in [0.29, 0.717) is 22.6 Å². The van der Waals surface area contributed by atoms with Crippen molar-refractivity contribution in [3.05, 3.63) is 66.2 Å². The zero-order valence-electron chi connectivity index (χ0n) is 22.8. The van der Waals surface area contributed by atoms with E-state index < -0.39 is 47.9 Å². The molecule has 2 aromatic rings. The highest BCUT2D eigenvalue weighted by Crippen LogP contribution is 2.28. The summed E-state index contributed by atoms with van der Waals surface area (Å²) in [6, 6.07) is 8.42. The number of methoxy groups -OCH3 is 1. The maximum absolute atomic E-state index is 13.8. The molecule has 0 radical (unpaired) electrons. The molecular weight excluding hydrogens is 504 g/mol. The van der Waals surface area contributed by atoms with Crippen molar-refractivity contribution in [2.75, 3.05) is 19.0 Å². The quantitative estimate of drug-likeness (QED) is 0.318. The first-order chi connectivity index (χ1) is 18.2. The van der Waals surface area contributed by atoms with E-state index in [0.717, 1.165) is 0 Å². The van der Waals surface area contributed by atoms with E-state index in [9.17, 15) is 24.3 Å². The van der Waals surface area contributed by atoms with E-state index in [1.54, 1.807) is 58.0 Å². The van der Waals surface area contributed by atoms with Crippen molar-refractivity contribution >= 4 is 29.5 Å². The molecule has 2 rings (SSSR count). The van der Waals surface area contributed by atoms with E-state index in [-0.39, 0.29) is 12.3 Å². The average Bonchev–Trinajstić information content (AvgIpc) is 2.84. The number of nitrogens with two attached hydrogens (primary N) is 1. The van der Waals surface area contributed by atoms with E-state index in [1.807, 2.05) is 0 Å². The summed E-state index contributed by atoms with van der Waals surface area (Å²) in [5, 5.41) is 15.2. The lowest BCUT2D eigenvalue weighted by atomic mass is 9.99. The molecule has 0 aromatic heterocycles. The van der Waals surface area contributed by atoms with Gasteiger partial charge in [-0.15, -0.1) is 6.58 Å². The zero-order chi connectivity index (χ0) is 29.3. The SMILES string of the molecule is C=CCN(C(=O)C(CC(N)=O)NC(=O)OC(C)(C)C)C(C(=O)Nc1ccc(OC)cc1)c1ccc(O)c(C)c1. The van der Waals surface area contributed by atoms with Crippen LogP contribution in [0.2, 0.25) is 0 Å². The number of benzene rings is 2. The van der Waals surface area contributed by atoms with Crippen molar-refractivity contribution in [2.45, 2.75) is 51.8 Å². The molecule has 11 nitrogen and oxygen atoms in total. The summed E-state index contributed by atoms with van der Waals surface area (Å²) in [6.07, 6.45) is -0.0544. The maximum Gasteiger partial charge on any atom is 0.408 e. The van der Waals surface area contributed by atoms with Gasteiger partial charge in [-0.25, -0.2) is 4.79 Å². The average molecular weight is 541 g/mol. The van der Waals surface area contributed by atoms with Crippen LogP contribution in [0.1, 0.15) is 44.4 Å². The zero-order valence-corrected chi connectivity index (χ0v) is 22.8. The molecule has 5 N–H and O–H groups in total. The number of hydrogen-bond acceptors (Lipinski definition) is 7. The number of aryl methyl sites for hydroxylation is 1. The summed E-state index contributed by atoms with van der Waals surface area (Å²) in [5.74, 6) is -1.60. The van der Waals surface area contributed by atoms with Crippen molar-refractivity contribution in [3.63, 3.8) is 0 Å². The van der Waals surface area contributed by atoms with Crippen molar-refractivity contribution in [2.24, 2.45) is 5.73 Å². The standard InChI is InChI=1S/C28H36N4O7/c1-7-14-32(26(36)21(16-23(29)34)31-27(37)39-28(3,4)5)24(18-8-13-22(33)17(2)15-18)25(35)30-19-9-11-20(38-6)12-10-19/h7-13,15,21,24,33H,1,14,16H2,2-6H3,(H2,29,34)(H,30,35)(H,31,37). The van der Waals surface area contributed by atoms with Crippen molar-refractivity contribution in [1.29, 1.82) is 0 Å². The molecule has 39 heavy (non-hydrogen) atoms. The number of phenols is 1. The molecule has 0 aliphatic rings. The van der Waals surface area contributed by atoms with Crippen LogP contribution in [-0.4, -0.2) is 59.1 Å². The molecule has 11 heteroatoms. The van der Waals surface area contributed by atoms with Gasteiger partial charge >= 0.3 is 6.09 Å². The topological polar surface area (TPSA) is 160 Å². The number of aromatic hydroxyl groups is 1. The Balaban J connectivity index is 2.53. The monoisotopic (exact) mass is 540 g/mol. The molecule has 210 valence electrons. The van der Waals surface area contributed by atoms with Gasteiger partial charge in [-0.05, 0) is 75.2 Å². The van der Waals surface area contributed by atoms with Crippen LogP contribution in [-0.2, 0) is 19.1 Å². The number of nitrogens with zero attached hydrogens (tertiary/aromatic N) is 1. The van der Waals surface area contributed by atoms with E-state index in [2.05, 4.69) is 17.2 Å². The summed E-state index contributed by atoms with van der Waals surface area (Å²) in [6.45, 7) is 10.2. The second-order valence-corrected chi connectivity index (χ2v) is 9.81. The van der Waals surface area contributed by atoms with Crippen LogP contribution in [0.3, 0.4) is 0 Å². The van der Waals surface area contributed by atoms with E-state index in [4.69, 9.17) is 15.2 Å². The molecule has 0 aliphatic heterocycles. The van der Waals surface area contributed by atoms with Gasteiger partial charge in [0.15, 0.2) is 0 Å². The minimum absolute atomic E-state index is 0.00728. The number of hydrogen-bond donors (Lipinski definition) is 4. The minimum atomic E-state index is -1.42. The van der Waals surface area contributed by atoms with Crippen LogP contribution in [0.25, 0.3) is 0 Å². The third-order valence-electron chi connectivity index (χ3n) is 5.46. The number of alkyl carbamates (subject to hydrolysis) is 1. The molecule has 0 fully saturated rings. The fourth-order valence-electron chi connectivity index (χ4n) is 3.72. The van der Waals surface area contributed by atoms with E-state index >= 15 is 0 Å². The lowest BCUT2D eigenvalue weighted by Gasteiger charge is -2.33. The lowest BCUT2D eigenvalue weighted by Crippen LogP contribution is -2.53. The number of phenolic OH excluding ortho intramolecular Hbond substituents is 1. The van der Waals surface area contributed by atoms with Gasteiger partial charge in [-0.2, -0.15) is 0 Å². The Morgan fingerprint density at radius 1 is 1.13 bits per heavy atom. The Morgan fingerprint density at radius 3 is 2.28 bits per heavy atom. The molecule has 0 spiro atoms.